The number of benzene rings is 2. The van der Waals surface area contributed by atoms with Crippen molar-refractivity contribution in [2.45, 2.75) is 6.54 Å². The van der Waals surface area contributed by atoms with E-state index in [1.165, 1.54) is 18.2 Å². The van der Waals surface area contributed by atoms with Gasteiger partial charge in [0.05, 0.1) is 12.1 Å². The quantitative estimate of drug-likeness (QED) is 0.461. The molecule has 1 heterocycles. The number of aliphatic imine (C=N–C) groups is 1. The average molecular weight is 424 g/mol. The smallest absolute Gasteiger partial charge is 0.262 e. The van der Waals surface area contributed by atoms with Crippen LogP contribution in [-0.4, -0.2) is 23.3 Å². The summed E-state index contributed by atoms with van der Waals surface area (Å²) in [6.07, 6.45) is 0. The number of halogens is 7. The highest BCUT2D eigenvalue weighted by molar-refractivity contribution is 6.35. The lowest BCUT2D eigenvalue weighted by molar-refractivity contribution is -0.132. The van der Waals surface area contributed by atoms with Gasteiger partial charge in [-0.15, -0.1) is 0 Å². The normalized spacial score (nSPS) is 14.3. The minimum absolute atomic E-state index is 0.0860. The van der Waals surface area contributed by atoms with Crippen LogP contribution in [0, 0.1) is 29.1 Å². The molecule has 3 rings (SSSR count). The zero-order valence-corrected chi connectivity index (χ0v) is 14.6. The fourth-order valence-electron chi connectivity index (χ4n) is 2.38. The Kier molecular flexibility index (Phi) is 5.25. The van der Waals surface area contributed by atoms with Gasteiger partial charge in [-0.05, 0) is 18.2 Å². The number of nitrogens with one attached hydrogen (secondary N) is 1. The summed E-state index contributed by atoms with van der Waals surface area (Å²) in [7, 11) is 0. The van der Waals surface area contributed by atoms with Crippen LogP contribution in [0.5, 0.6) is 0 Å². The Morgan fingerprint density at radius 3 is 2.00 bits per heavy atom. The number of carbonyl (C=O) groups is 1. The van der Waals surface area contributed by atoms with E-state index in [-0.39, 0.29) is 15.9 Å². The van der Waals surface area contributed by atoms with Gasteiger partial charge in [-0.2, -0.15) is 0 Å². The van der Waals surface area contributed by atoms with Gasteiger partial charge in [-0.25, -0.2) is 27.0 Å². The number of nitrogens with zero attached hydrogens (tertiary/aromatic N) is 2. The molecule has 1 amide bonds. The van der Waals surface area contributed by atoms with Crippen molar-refractivity contribution >= 4 is 34.9 Å². The minimum atomic E-state index is -2.28. The van der Waals surface area contributed by atoms with Crippen molar-refractivity contribution in [1.82, 2.24) is 10.4 Å². The summed E-state index contributed by atoms with van der Waals surface area (Å²) in [6, 6.07) is 4.38. The van der Waals surface area contributed by atoms with Crippen molar-refractivity contribution in [3.8, 4) is 0 Å². The van der Waals surface area contributed by atoms with Gasteiger partial charge in [-0.1, -0.05) is 23.2 Å². The molecule has 2 aromatic carbocycles. The van der Waals surface area contributed by atoms with Gasteiger partial charge in [0, 0.05) is 15.6 Å². The summed E-state index contributed by atoms with van der Waals surface area (Å²) < 4.78 is 67.6. The Morgan fingerprint density at radius 1 is 0.926 bits per heavy atom. The van der Waals surface area contributed by atoms with E-state index in [9.17, 15) is 26.7 Å². The summed E-state index contributed by atoms with van der Waals surface area (Å²) in [6.45, 7) is -1.33. The fourth-order valence-corrected chi connectivity index (χ4v) is 2.91. The Labute approximate surface area is 159 Å². The van der Waals surface area contributed by atoms with Crippen LogP contribution in [-0.2, 0) is 11.3 Å². The number of hydrogen-bond donors (Lipinski definition) is 1. The first kappa shape index (κ1) is 19.4. The van der Waals surface area contributed by atoms with Gasteiger partial charge in [-0.3, -0.25) is 15.2 Å². The van der Waals surface area contributed by atoms with Crippen LogP contribution in [0.25, 0.3) is 0 Å². The molecular formula is C16H8Cl2F5N3O. The molecule has 0 unspecified atom stereocenters. The van der Waals surface area contributed by atoms with E-state index in [0.29, 0.717) is 10.6 Å². The number of amidine groups is 1. The molecule has 1 N–H and O–H groups in total. The van der Waals surface area contributed by atoms with E-state index < -0.39 is 53.6 Å². The molecule has 1 aliphatic rings. The van der Waals surface area contributed by atoms with Gasteiger partial charge >= 0.3 is 0 Å². The van der Waals surface area contributed by atoms with Crippen LogP contribution in [0.4, 0.5) is 22.0 Å². The maximum absolute atomic E-state index is 13.9. The molecule has 0 aliphatic carbocycles. The highest BCUT2D eigenvalue weighted by Crippen LogP contribution is 2.25. The SMILES string of the molecule is O=C1CN=C(c2cc(Cl)cc(Cl)c2)NN1Cc1c(F)c(F)c(F)c(F)c1F. The third-order valence-corrected chi connectivity index (χ3v) is 4.10. The third-order valence-electron chi connectivity index (χ3n) is 3.67. The number of hydrogen-bond acceptors (Lipinski definition) is 3. The third kappa shape index (κ3) is 3.70. The van der Waals surface area contributed by atoms with Crippen molar-refractivity contribution in [2.75, 3.05) is 6.54 Å². The zero-order chi connectivity index (χ0) is 19.9. The topological polar surface area (TPSA) is 44.7 Å². The molecule has 0 bridgehead atoms. The van der Waals surface area contributed by atoms with E-state index in [0.717, 1.165) is 0 Å². The second-order valence-electron chi connectivity index (χ2n) is 5.46. The Bertz CT molecular complexity index is 934. The standard InChI is InChI=1S/C16H8Cl2F5N3O/c17-7-1-6(2-8(18)3-7)16-24-4-10(27)26(25-16)5-9-11(19)13(21)15(23)14(22)12(9)20/h1-3H,4-5H2,(H,24,25). The summed E-state index contributed by atoms with van der Waals surface area (Å²) in [5.41, 5.74) is 1.68. The van der Waals surface area contributed by atoms with Crippen molar-refractivity contribution in [3.63, 3.8) is 0 Å². The lowest BCUT2D eigenvalue weighted by atomic mass is 10.1. The predicted molar refractivity (Wildman–Crippen MR) is 87.8 cm³/mol. The van der Waals surface area contributed by atoms with E-state index in [1.807, 2.05) is 0 Å². The van der Waals surface area contributed by atoms with E-state index >= 15 is 0 Å². The highest BCUT2D eigenvalue weighted by Gasteiger charge is 2.29. The molecule has 4 nitrogen and oxygen atoms in total. The molecule has 0 spiro atoms. The summed E-state index contributed by atoms with van der Waals surface area (Å²) in [4.78, 5) is 15.9. The Morgan fingerprint density at radius 2 is 1.44 bits per heavy atom. The zero-order valence-electron chi connectivity index (χ0n) is 13.1. The number of hydrazine groups is 1. The van der Waals surface area contributed by atoms with E-state index in [1.54, 1.807) is 0 Å². The first-order valence-electron chi connectivity index (χ1n) is 7.27. The van der Waals surface area contributed by atoms with Gasteiger partial charge in [0.25, 0.3) is 5.91 Å². The second-order valence-corrected chi connectivity index (χ2v) is 6.34. The molecule has 142 valence electrons. The molecular weight excluding hydrogens is 416 g/mol. The van der Waals surface area contributed by atoms with Crippen LogP contribution < -0.4 is 5.43 Å². The maximum Gasteiger partial charge on any atom is 0.262 e. The van der Waals surface area contributed by atoms with Crippen molar-refractivity contribution in [1.29, 1.82) is 0 Å². The summed E-state index contributed by atoms with van der Waals surface area (Å²) in [5.74, 6) is -11.2. The first-order valence-corrected chi connectivity index (χ1v) is 8.03. The van der Waals surface area contributed by atoms with Crippen LogP contribution >= 0.6 is 23.2 Å². The van der Waals surface area contributed by atoms with Crippen LogP contribution in [0.3, 0.4) is 0 Å². The molecule has 0 saturated carbocycles. The lowest BCUT2D eigenvalue weighted by Gasteiger charge is -2.29. The van der Waals surface area contributed by atoms with Gasteiger partial charge < -0.3 is 0 Å². The van der Waals surface area contributed by atoms with Crippen LogP contribution in [0.2, 0.25) is 10.0 Å². The monoisotopic (exact) mass is 423 g/mol. The summed E-state index contributed by atoms with van der Waals surface area (Å²) >= 11 is 11.8. The molecule has 0 saturated heterocycles. The van der Waals surface area contributed by atoms with Gasteiger partial charge in [0.2, 0.25) is 5.82 Å². The van der Waals surface area contributed by atoms with Gasteiger partial charge in [0.15, 0.2) is 23.3 Å². The molecule has 11 heteroatoms. The molecule has 1 aliphatic heterocycles. The minimum Gasteiger partial charge on any atom is -0.279 e. The predicted octanol–water partition coefficient (Wildman–Crippen LogP) is 3.98. The largest absolute Gasteiger partial charge is 0.279 e. The lowest BCUT2D eigenvalue weighted by Crippen LogP contribution is -2.50. The Balaban J connectivity index is 1.93. The van der Waals surface area contributed by atoms with Crippen molar-refractivity contribution in [3.05, 3.63) is 68.5 Å². The maximum atomic E-state index is 13.9. The number of rotatable bonds is 3. The molecule has 27 heavy (non-hydrogen) atoms. The molecule has 0 fully saturated rings. The number of carbonyl (C=O) groups excluding carboxylic acids is 1. The Hall–Kier alpha value is -2.39. The average Bonchev–Trinajstić information content (AvgIpc) is 2.62. The van der Waals surface area contributed by atoms with Crippen LogP contribution in [0.15, 0.2) is 23.2 Å². The molecule has 0 radical (unpaired) electrons. The molecule has 0 atom stereocenters. The van der Waals surface area contributed by atoms with Crippen molar-refractivity contribution in [2.24, 2.45) is 4.99 Å². The fraction of sp³-hybridized carbons (Fsp3) is 0.125. The van der Waals surface area contributed by atoms with E-state index in [2.05, 4.69) is 10.4 Å². The van der Waals surface area contributed by atoms with E-state index in [4.69, 9.17) is 23.2 Å². The van der Waals surface area contributed by atoms with Crippen molar-refractivity contribution < 1.29 is 26.7 Å². The summed E-state index contributed by atoms with van der Waals surface area (Å²) in [5, 5.41) is 1.23. The second kappa shape index (κ2) is 7.32. The van der Waals surface area contributed by atoms with Gasteiger partial charge in [0.1, 0.15) is 12.4 Å². The number of amides is 1. The first-order chi connectivity index (χ1) is 12.7. The highest BCUT2D eigenvalue weighted by atomic mass is 35.5. The molecule has 2 aromatic rings. The van der Waals surface area contributed by atoms with Crippen LogP contribution in [0.1, 0.15) is 11.1 Å². The molecule has 0 aromatic heterocycles.